The zero-order chi connectivity index (χ0) is 15.2. The van der Waals surface area contributed by atoms with Gasteiger partial charge in [-0.15, -0.1) is 0 Å². The Morgan fingerprint density at radius 2 is 2.00 bits per heavy atom. The van der Waals surface area contributed by atoms with Crippen LogP contribution in [0, 0.1) is 0 Å². The van der Waals surface area contributed by atoms with Crippen molar-refractivity contribution >= 4 is 12.1 Å². The Kier molecular flexibility index (Phi) is 5.52. The lowest BCUT2D eigenvalue weighted by Crippen LogP contribution is -2.43. The second kappa shape index (κ2) is 6.91. The van der Waals surface area contributed by atoms with Crippen LogP contribution in [-0.4, -0.2) is 58.5 Å². The number of rotatable bonds is 6. The molecule has 1 aromatic rings. The number of carbonyl (C=O) groups excluding carboxylic acids is 1. The average Bonchev–Trinajstić information content (AvgIpc) is 2.36. The van der Waals surface area contributed by atoms with Gasteiger partial charge in [0.25, 0.3) is 5.91 Å². The molecule has 20 heavy (non-hydrogen) atoms. The van der Waals surface area contributed by atoms with Gasteiger partial charge in [-0.3, -0.25) is 4.79 Å². The largest absolute Gasteiger partial charge is 0.497 e. The Morgan fingerprint density at radius 1 is 1.30 bits per heavy atom. The van der Waals surface area contributed by atoms with Crippen LogP contribution >= 0.6 is 0 Å². The van der Waals surface area contributed by atoms with Gasteiger partial charge in [-0.25, -0.2) is 5.43 Å². The van der Waals surface area contributed by atoms with Gasteiger partial charge in [0.1, 0.15) is 11.5 Å². The fraction of sp³-hybridized carbons (Fsp3) is 0.429. The summed E-state index contributed by atoms with van der Waals surface area (Å²) in [5.74, 6) is 1.22. The quantitative estimate of drug-likeness (QED) is 0.477. The molecule has 0 heterocycles. The van der Waals surface area contributed by atoms with E-state index in [0.29, 0.717) is 22.5 Å². The number of methoxy groups -OCH3 is 2. The maximum absolute atomic E-state index is 11.6. The van der Waals surface area contributed by atoms with Gasteiger partial charge >= 0.3 is 0 Å². The number of carbonyl (C=O) groups is 1. The average molecular weight is 280 g/mol. The Labute approximate surface area is 119 Å². The minimum atomic E-state index is -0.143. The molecule has 0 aliphatic carbocycles. The van der Waals surface area contributed by atoms with Crippen LogP contribution in [0.4, 0.5) is 0 Å². The number of nitrogens with zero attached hydrogens (tertiary/aromatic N) is 2. The summed E-state index contributed by atoms with van der Waals surface area (Å²) in [5, 5.41) is 3.94. The molecule has 0 aliphatic rings. The summed E-state index contributed by atoms with van der Waals surface area (Å²) in [5.41, 5.74) is 3.23. The number of hydrogen-bond donors (Lipinski definition) is 1. The fourth-order valence-electron chi connectivity index (χ4n) is 1.58. The smallest absolute Gasteiger partial charge is 0.295 e. The predicted octanol–water partition coefficient (Wildman–Crippen LogP) is 0.860. The molecule has 0 unspecified atom stereocenters. The van der Waals surface area contributed by atoms with E-state index in [-0.39, 0.29) is 5.91 Å². The van der Waals surface area contributed by atoms with Crippen molar-refractivity contribution in [3.8, 4) is 11.5 Å². The molecule has 1 N–H and O–H groups in total. The Bertz CT molecular complexity index is 493. The molecule has 1 rings (SSSR count). The lowest BCUT2D eigenvalue weighted by molar-refractivity contribution is -0.862. The summed E-state index contributed by atoms with van der Waals surface area (Å²) >= 11 is 0. The van der Waals surface area contributed by atoms with Crippen LogP contribution in [0.15, 0.2) is 23.3 Å². The minimum absolute atomic E-state index is 0.143. The molecule has 0 fully saturated rings. The minimum Gasteiger partial charge on any atom is -0.497 e. The summed E-state index contributed by atoms with van der Waals surface area (Å²) in [6, 6.07) is 5.37. The number of amides is 1. The van der Waals surface area contributed by atoms with Crippen LogP contribution < -0.4 is 14.9 Å². The number of hydrogen-bond acceptors (Lipinski definition) is 4. The normalized spacial score (nSPS) is 11.4. The summed E-state index contributed by atoms with van der Waals surface area (Å²) in [6.07, 6.45) is 1.54. The van der Waals surface area contributed by atoms with Crippen LogP contribution in [-0.2, 0) is 4.79 Å². The molecular weight excluding hydrogens is 258 g/mol. The van der Waals surface area contributed by atoms with Gasteiger partial charge in [0.05, 0.1) is 41.6 Å². The third kappa shape index (κ3) is 5.27. The number of hydrazone groups is 1. The topological polar surface area (TPSA) is 59.9 Å². The van der Waals surface area contributed by atoms with Gasteiger partial charge in [-0.05, 0) is 18.2 Å². The van der Waals surface area contributed by atoms with E-state index in [1.165, 1.54) is 6.21 Å². The molecule has 0 aromatic heterocycles. The van der Waals surface area contributed by atoms with Crippen molar-refractivity contribution in [1.29, 1.82) is 0 Å². The van der Waals surface area contributed by atoms with E-state index >= 15 is 0 Å². The van der Waals surface area contributed by atoms with E-state index in [4.69, 9.17) is 9.47 Å². The van der Waals surface area contributed by atoms with Crippen molar-refractivity contribution in [2.45, 2.75) is 0 Å². The Morgan fingerprint density at radius 3 is 2.55 bits per heavy atom. The highest BCUT2D eigenvalue weighted by molar-refractivity contribution is 5.86. The van der Waals surface area contributed by atoms with Crippen molar-refractivity contribution in [2.24, 2.45) is 5.10 Å². The second-order valence-corrected chi connectivity index (χ2v) is 5.35. The summed E-state index contributed by atoms with van der Waals surface area (Å²) < 4.78 is 10.9. The predicted molar refractivity (Wildman–Crippen MR) is 78.2 cm³/mol. The van der Waals surface area contributed by atoms with E-state index in [1.54, 1.807) is 32.4 Å². The molecule has 0 atom stereocenters. The van der Waals surface area contributed by atoms with Crippen LogP contribution in [0.5, 0.6) is 11.5 Å². The van der Waals surface area contributed by atoms with Gasteiger partial charge in [0.2, 0.25) is 0 Å². The number of likely N-dealkylation sites (N-methyl/N-ethyl adjacent to an activating group) is 1. The number of benzene rings is 1. The standard InChI is InChI=1S/C14H21N3O3/c1-17(2,3)10-14(18)16-15-9-11-8-12(19-4)6-7-13(11)20-5/h6-9H,10H2,1-5H3/p+1/b15-9+. The van der Waals surface area contributed by atoms with Gasteiger partial charge in [-0.1, -0.05) is 0 Å². The first-order chi connectivity index (χ1) is 9.35. The highest BCUT2D eigenvalue weighted by Gasteiger charge is 2.13. The summed E-state index contributed by atoms with van der Waals surface area (Å²) in [7, 11) is 8.98. The van der Waals surface area contributed by atoms with E-state index in [9.17, 15) is 4.79 Å². The van der Waals surface area contributed by atoms with Crippen LogP contribution in [0.2, 0.25) is 0 Å². The first kappa shape index (κ1) is 16.0. The van der Waals surface area contributed by atoms with Crippen LogP contribution in [0.25, 0.3) is 0 Å². The molecule has 0 saturated carbocycles. The number of nitrogens with one attached hydrogen (secondary N) is 1. The first-order valence-corrected chi connectivity index (χ1v) is 6.20. The van der Waals surface area contributed by atoms with Crippen LogP contribution in [0.3, 0.4) is 0 Å². The van der Waals surface area contributed by atoms with Crippen molar-refractivity contribution in [3.63, 3.8) is 0 Å². The lowest BCUT2D eigenvalue weighted by atomic mass is 10.2. The van der Waals surface area contributed by atoms with E-state index in [0.717, 1.165) is 5.56 Å². The molecule has 0 aliphatic heterocycles. The second-order valence-electron chi connectivity index (χ2n) is 5.35. The Hall–Kier alpha value is -2.08. The van der Waals surface area contributed by atoms with E-state index < -0.39 is 0 Å². The third-order valence-corrected chi connectivity index (χ3v) is 2.45. The zero-order valence-corrected chi connectivity index (χ0v) is 12.6. The SMILES string of the molecule is COc1ccc(OC)c(/C=N/NC(=O)C[N+](C)(C)C)c1. The molecule has 0 bridgehead atoms. The third-order valence-electron chi connectivity index (χ3n) is 2.45. The Balaban J connectivity index is 2.72. The molecule has 110 valence electrons. The van der Waals surface area contributed by atoms with Crippen molar-refractivity contribution in [1.82, 2.24) is 5.43 Å². The summed E-state index contributed by atoms with van der Waals surface area (Å²) in [6.45, 7) is 0.354. The lowest BCUT2D eigenvalue weighted by Gasteiger charge is -2.22. The van der Waals surface area contributed by atoms with Gasteiger partial charge in [0, 0.05) is 5.56 Å². The first-order valence-electron chi connectivity index (χ1n) is 6.20. The van der Waals surface area contributed by atoms with Crippen LogP contribution in [0.1, 0.15) is 5.56 Å². The molecule has 0 spiro atoms. The summed E-state index contributed by atoms with van der Waals surface area (Å²) in [4.78, 5) is 11.6. The molecule has 0 saturated heterocycles. The van der Waals surface area contributed by atoms with Crippen molar-refractivity contribution < 1.29 is 18.8 Å². The van der Waals surface area contributed by atoms with E-state index in [1.807, 2.05) is 21.1 Å². The number of quaternary nitrogens is 1. The zero-order valence-electron chi connectivity index (χ0n) is 12.6. The maximum atomic E-state index is 11.6. The molecule has 6 heteroatoms. The molecule has 6 nitrogen and oxygen atoms in total. The highest BCUT2D eigenvalue weighted by Crippen LogP contribution is 2.22. The van der Waals surface area contributed by atoms with Gasteiger partial charge in [-0.2, -0.15) is 5.10 Å². The van der Waals surface area contributed by atoms with Gasteiger partial charge < -0.3 is 14.0 Å². The number of ether oxygens (including phenoxy) is 2. The maximum Gasteiger partial charge on any atom is 0.295 e. The van der Waals surface area contributed by atoms with E-state index in [2.05, 4.69) is 10.5 Å². The van der Waals surface area contributed by atoms with Crippen molar-refractivity contribution in [2.75, 3.05) is 41.9 Å². The molecule has 1 amide bonds. The molecule has 1 aromatic carbocycles. The monoisotopic (exact) mass is 280 g/mol. The molecular formula is C14H22N3O3+. The van der Waals surface area contributed by atoms with Crippen molar-refractivity contribution in [3.05, 3.63) is 23.8 Å². The highest BCUT2D eigenvalue weighted by atomic mass is 16.5. The molecule has 0 radical (unpaired) electrons. The van der Waals surface area contributed by atoms with Gasteiger partial charge in [0.15, 0.2) is 6.54 Å². The fourth-order valence-corrected chi connectivity index (χ4v) is 1.58.